The van der Waals surface area contributed by atoms with E-state index >= 15 is 0 Å². The van der Waals surface area contributed by atoms with Crippen molar-refractivity contribution in [2.45, 2.75) is 36.9 Å². The van der Waals surface area contributed by atoms with Gasteiger partial charge in [-0.1, -0.05) is 13.8 Å². The molecule has 100 valence electrons. The van der Waals surface area contributed by atoms with Gasteiger partial charge in [0, 0.05) is 24.5 Å². The van der Waals surface area contributed by atoms with Crippen LogP contribution in [0.15, 0.2) is 35.0 Å². The van der Waals surface area contributed by atoms with Gasteiger partial charge in [0.15, 0.2) is 5.16 Å². The standard InChI is InChI=1S/C13H17N5S/c1-4-14-11-10(9(2)3)12(18-8-17-11)19-13-15-6-5-7-16-13/h5-9H,4H2,1-3H3,(H,14,17,18). The van der Waals surface area contributed by atoms with Crippen molar-refractivity contribution in [1.29, 1.82) is 0 Å². The second-order valence-corrected chi connectivity index (χ2v) is 5.22. The van der Waals surface area contributed by atoms with Gasteiger partial charge in [-0.25, -0.2) is 19.9 Å². The van der Waals surface area contributed by atoms with Gasteiger partial charge in [-0.3, -0.25) is 0 Å². The van der Waals surface area contributed by atoms with Gasteiger partial charge in [-0.2, -0.15) is 0 Å². The Balaban J connectivity index is 2.36. The van der Waals surface area contributed by atoms with Crippen LogP contribution in [0.5, 0.6) is 0 Å². The third-order valence-electron chi connectivity index (χ3n) is 2.50. The second kappa shape index (κ2) is 6.47. The van der Waals surface area contributed by atoms with Crippen molar-refractivity contribution < 1.29 is 0 Å². The van der Waals surface area contributed by atoms with Crippen LogP contribution in [-0.4, -0.2) is 26.5 Å². The molecule has 0 aliphatic rings. The normalized spacial score (nSPS) is 10.7. The lowest BCUT2D eigenvalue weighted by molar-refractivity contribution is 0.801. The Bertz CT molecular complexity index is 530. The summed E-state index contributed by atoms with van der Waals surface area (Å²) in [5.74, 6) is 1.23. The van der Waals surface area contributed by atoms with E-state index in [2.05, 4.69) is 46.0 Å². The zero-order valence-electron chi connectivity index (χ0n) is 11.3. The molecular weight excluding hydrogens is 258 g/mol. The number of rotatable bonds is 5. The van der Waals surface area contributed by atoms with Crippen LogP contribution in [0, 0.1) is 0 Å². The summed E-state index contributed by atoms with van der Waals surface area (Å²) in [5, 5.41) is 4.89. The van der Waals surface area contributed by atoms with Crippen LogP contribution in [0.3, 0.4) is 0 Å². The van der Waals surface area contributed by atoms with E-state index in [0.717, 1.165) is 23.0 Å². The summed E-state index contributed by atoms with van der Waals surface area (Å²) in [6.07, 6.45) is 5.04. The minimum absolute atomic E-state index is 0.335. The minimum Gasteiger partial charge on any atom is -0.370 e. The Hall–Kier alpha value is -1.69. The summed E-state index contributed by atoms with van der Waals surface area (Å²) in [6, 6.07) is 1.80. The van der Waals surface area contributed by atoms with Crippen LogP contribution in [-0.2, 0) is 0 Å². The van der Waals surface area contributed by atoms with Crippen molar-refractivity contribution in [3.63, 3.8) is 0 Å². The van der Waals surface area contributed by atoms with Gasteiger partial charge in [-0.05, 0) is 30.7 Å². The van der Waals surface area contributed by atoms with Crippen molar-refractivity contribution in [2.75, 3.05) is 11.9 Å². The number of aromatic nitrogens is 4. The first-order valence-corrected chi connectivity index (χ1v) is 7.07. The Morgan fingerprint density at radius 3 is 2.53 bits per heavy atom. The molecule has 0 bridgehead atoms. The van der Waals surface area contributed by atoms with Crippen LogP contribution < -0.4 is 5.32 Å². The highest BCUT2D eigenvalue weighted by Gasteiger charge is 2.16. The molecule has 6 heteroatoms. The van der Waals surface area contributed by atoms with Gasteiger partial charge in [0.1, 0.15) is 17.2 Å². The summed E-state index contributed by atoms with van der Waals surface area (Å²) in [5.41, 5.74) is 1.11. The third kappa shape index (κ3) is 3.41. The van der Waals surface area contributed by atoms with E-state index in [-0.39, 0.29) is 0 Å². The summed E-state index contributed by atoms with van der Waals surface area (Å²) in [6.45, 7) is 7.16. The first kappa shape index (κ1) is 13.7. The molecule has 0 unspecified atom stereocenters. The van der Waals surface area contributed by atoms with E-state index in [1.54, 1.807) is 24.8 Å². The Labute approximate surface area is 117 Å². The average molecular weight is 275 g/mol. The molecule has 2 aromatic rings. The van der Waals surface area contributed by atoms with Crippen molar-refractivity contribution in [3.8, 4) is 0 Å². The highest BCUT2D eigenvalue weighted by atomic mass is 32.2. The molecule has 0 aromatic carbocycles. The fourth-order valence-electron chi connectivity index (χ4n) is 1.71. The van der Waals surface area contributed by atoms with E-state index in [9.17, 15) is 0 Å². The number of anilines is 1. The lowest BCUT2D eigenvalue weighted by Crippen LogP contribution is -2.07. The largest absolute Gasteiger partial charge is 0.370 e. The first-order valence-electron chi connectivity index (χ1n) is 6.26. The number of hydrogen-bond acceptors (Lipinski definition) is 6. The lowest BCUT2D eigenvalue weighted by atomic mass is 10.1. The molecule has 0 atom stereocenters. The predicted octanol–water partition coefficient (Wildman–Crippen LogP) is 2.97. The fourth-order valence-corrected chi connectivity index (χ4v) is 2.66. The zero-order chi connectivity index (χ0) is 13.7. The van der Waals surface area contributed by atoms with E-state index in [4.69, 9.17) is 0 Å². The molecule has 0 spiro atoms. The van der Waals surface area contributed by atoms with Gasteiger partial charge in [0.25, 0.3) is 0 Å². The van der Waals surface area contributed by atoms with Gasteiger partial charge >= 0.3 is 0 Å². The molecule has 2 rings (SSSR count). The number of hydrogen-bond donors (Lipinski definition) is 1. The number of nitrogens with one attached hydrogen (secondary N) is 1. The van der Waals surface area contributed by atoms with Crippen molar-refractivity contribution >= 4 is 17.6 Å². The quantitative estimate of drug-likeness (QED) is 0.668. The minimum atomic E-state index is 0.335. The van der Waals surface area contributed by atoms with Crippen molar-refractivity contribution in [3.05, 3.63) is 30.4 Å². The van der Waals surface area contributed by atoms with Gasteiger partial charge in [-0.15, -0.1) is 0 Å². The molecule has 1 N–H and O–H groups in total. The molecule has 0 saturated heterocycles. The molecule has 19 heavy (non-hydrogen) atoms. The molecule has 0 saturated carbocycles. The Morgan fingerprint density at radius 1 is 1.16 bits per heavy atom. The fraction of sp³-hybridized carbons (Fsp3) is 0.385. The van der Waals surface area contributed by atoms with Gasteiger partial charge in [0.05, 0.1) is 0 Å². The maximum absolute atomic E-state index is 4.37. The van der Waals surface area contributed by atoms with Crippen LogP contribution in [0.1, 0.15) is 32.3 Å². The molecule has 0 aliphatic heterocycles. The topological polar surface area (TPSA) is 63.6 Å². The Kier molecular flexibility index (Phi) is 4.68. The van der Waals surface area contributed by atoms with Crippen molar-refractivity contribution in [2.24, 2.45) is 0 Å². The van der Waals surface area contributed by atoms with Crippen LogP contribution in [0.2, 0.25) is 0 Å². The molecule has 2 aromatic heterocycles. The van der Waals surface area contributed by atoms with E-state index in [1.165, 1.54) is 11.8 Å². The SMILES string of the molecule is CCNc1ncnc(Sc2ncccn2)c1C(C)C. The highest BCUT2D eigenvalue weighted by Crippen LogP contribution is 2.33. The summed E-state index contributed by atoms with van der Waals surface area (Å²) in [7, 11) is 0. The van der Waals surface area contributed by atoms with Gasteiger partial charge in [0.2, 0.25) is 0 Å². The molecule has 0 fully saturated rings. The maximum Gasteiger partial charge on any atom is 0.193 e. The molecule has 0 amide bonds. The second-order valence-electron chi connectivity index (χ2n) is 4.26. The third-order valence-corrected chi connectivity index (χ3v) is 3.41. The molecule has 5 nitrogen and oxygen atoms in total. The number of nitrogens with zero attached hydrogens (tertiary/aromatic N) is 4. The van der Waals surface area contributed by atoms with Crippen molar-refractivity contribution in [1.82, 2.24) is 19.9 Å². The lowest BCUT2D eigenvalue weighted by Gasteiger charge is -2.15. The summed E-state index contributed by atoms with van der Waals surface area (Å²) in [4.78, 5) is 17.1. The predicted molar refractivity (Wildman–Crippen MR) is 76.4 cm³/mol. The highest BCUT2D eigenvalue weighted by molar-refractivity contribution is 7.99. The van der Waals surface area contributed by atoms with E-state index in [0.29, 0.717) is 11.1 Å². The molecule has 2 heterocycles. The summed E-state index contributed by atoms with van der Waals surface area (Å²) >= 11 is 1.47. The van der Waals surface area contributed by atoms with Crippen LogP contribution >= 0.6 is 11.8 Å². The van der Waals surface area contributed by atoms with Crippen LogP contribution in [0.25, 0.3) is 0 Å². The molecular formula is C13H17N5S. The smallest absolute Gasteiger partial charge is 0.193 e. The van der Waals surface area contributed by atoms with E-state index < -0.39 is 0 Å². The summed E-state index contributed by atoms with van der Waals surface area (Å²) < 4.78 is 0. The molecule has 0 radical (unpaired) electrons. The monoisotopic (exact) mass is 275 g/mol. The average Bonchev–Trinajstić information content (AvgIpc) is 2.40. The Morgan fingerprint density at radius 2 is 1.89 bits per heavy atom. The molecule has 0 aliphatic carbocycles. The zero-order valence-corrected chi connectivity index (χ0v) is 12.1. The first-order chi connectivity index (χ1) is 9.22. The van der Waals surface area contributed by atoms with Gasteiger partial charge < -0.3 is 5.32 Å². The van der Waals surface area contributed by atoms with E-state index in [1.807, 2.05) is 0 Å². The van der Waals surface area contributed by atoms with Crippen LogP contribution in [0.4, 0.5) is 5.82 Å². The maximum atomic E-state index is 4.37.